The third kappa shape index (κ3) is 13.5. The molecule has 0 aromatic carbocycles. The number of hydrogen-bond acceptors (Lipinski definition) is 1. The fourth-order valence-electron chi connectivity index (χ4n) is 0.0920. The van der Waals surface area contributed by atoms with Gasteiger partial charge in [-0.25, -0.2) is 0 Å². The van der Waals surface area contributed by atoms with Crippen molar-refractivity contribution < 1.29 is 11.2 Å². The molecule has 0 bridgehead atoms. The first-order valence-electron chi connectivity index (χ1n) is 1.85. The Labute approximate surface area is 118 Å². The first kappa shape index (κ1) is 15.5. The van der Waals surface area contributed by atoms with E-state index in [4.69, 9.17) is 11.2 Å². The fraction of sp³-hybridized carbons (Fsp3) is 0. The van der Waals surface area contributed by atoms with E-state index in [2.05, 4.69) is 20.0 Å². The Kier molecular flexibility index (Phi) is 18.8. The Morgan fingerprint density at radius 3 is 1.83 bits per heavy atom. The molecule has 0 saturated heterocycles. The maximum atomic E-state index is 4.71. The van der Waals surface area contributed by atoms with Crippen molar-refractivity contribution in [3.63, 3.8) is 0 Å². The number of hydrogen-bond donors (Lipinski definition) is 0. The van der Waals surface area contributed by atoms with E-state index >= 15 is 0 Å². The monoisotopic (exact) mass is 498 g/mol. The molecule has 0 rings (SSSR count). The van der Waals surface area contributed by atoms with Crippen molar-refractivity contribution in [2.75, 3.05) is 0 Å². The third-order valence-electron chi connectivity index (χ3n) is 0.253. The molecule has 0 amide bonds. The summed E-state index contributed by atoms with van der Waals surface area (Å²) in [7, 11) is 15.8. The number of halogens is 1. The molecule has 0 heterocycles. The normalized spacial score (nSPS) is 7.08. The van der Waals surface area contributed by atoms with E-state index in [1.807, 2.05) is 34.6 Å². The molecule has 0 aromatic rings. The Hall–Kier alpha value is 3.51. The van der Waals surface area contributed by atoms with Gasteiger partial charge in [-0.15, -0.1) is 0 Å². The van der Waals surface area contributed by atoms with Crippen LogP contribution in [0.3, 0.4) is 0 Å². The standard InChI is InChI=1S/HI.S10.V/c;1-3-5-7-9-10-8-6-4-2;/h1H;;/q;;+1/p-1. The summed E-state index contributed by atoms with van der Waals surface area (Å²) < 4.78 is 0. The fourth-order valence-corrected chi connectivity index (χ4v) is 29.3. The molecule has 0 aliphatic carbocycles. The van der Waals surface area contributed by atoms with Crippen molar-refractivity contribution in [3.05, 3.63) is 0 Å². The molecule has 0 N–H and O–H groups in total. The topological polar surface area (TPSA) is 0 Å². The molecule has 72 valence electrons. The van der Waals surface area contributed by atoms with Gasteiger partial charge in [-0.2, -0.15) is 0 Å². The van der Waals surface area contributed by atoms with Crippen LogP contribution in [-0.2, 0) is 101 Å². The van der Waals surface area contributed by atoms with E-state index in [9.17, 15) is 0 Å². The summed E-state index contributed by atoms with van der Waals surface area (Å²) >= 11 is 7.62. The summed E-state index contributed by atoms with van der Waals surface area (Å²) in [5.74, 6) is 0. The van der Waals surface area contributed by atoms with Gasteiger partial charge in [0.15, 0.2) is 0 Å². The average Bonchev–Trinajstić information content (AvgIpc) is 2.10. The summed E-state index contributed by atoms with van der Waals surface area (Å²) in [5.41, 5.74) is 0. The van der Waals surface area contributed by atoms with Gasteiger partial charge < -0.3 is 0 Å². The minimum absolute atomic E-state index is 0.466. The van der Waals surface area contributed by atoms with Crippen LogP contribution in [0.4, 0.5) is 0 Å². The molecule has 0 nitrogen and oxygen atoms in total. The second-order valence-electron chi connectivity index (χ2n) is 0.688. The van der Waals surface area contributed by atoms with Gasteiger partial charge in [0.2, 0.25) is 0 Å². The summed E-state index contributed by atoms with van der Waals surface area (Å²) in [5, 5.41) is 0. The molecule has 0 aliphatic rings. The second-order valence-corrected chi connectivity index (χ2v) is 23.2. The van der Waals surface area contributed by atoms with Crippen LogP contribution in [0.25, 0.3) is 0 Å². The van der Waals surface area contributed by atoms with Crippen molar-refractivity contribution in [2.45, 2.75) is 0 Å². The summed E-state index contributed by atoms with van der Waals surface area (Å²) in [6, 6.07) is 0. The first-order valence-corrected chi connectivity index (χ1v) is 20.4. The molecular weight excluding hydrogens is 499 g/mol. The van der Waals surface area contributed by atoms with Crippen molar-refractivity contribution in [2.24, 2.45) is 0 Å². The van der Waals surface area contributed by atoms with Gasteiger partial charge >= 0.3 is 121 Å². The van der Waals surface area contributed by atoms with E-state index < -0.39 is 0 Å². The van der Waals surface area contributed by atoms with E-state index in [-0.39, 0.29) is 0 Å². The molecule has 0 aliphatic heterocycles. The Morgan fingerprint density at radius 1 is 0.833 bits per heavy atom. The second kappa shape index (κ2) is 14.5. The van der Waals surface area contributed by atoms with E-state index in [1.54, 1.807) is 35.5 Å². The molecule has 0 radical (unpaired) electrons. The van der Waals surface area contributed by atoms with Gasteiger partial charge in [-0.3, -0.25) is 0 Å². The van der Waals surface area contributed by atoms with Crippen molar-refractivity contribution in [1.29, 1.82) is 0 Å². The first-order chi connectivity index (χ1) is 5.91. The molecule has 0 fully saturated rings. The zero-order valence-corrected chi connectivity index (χ0v) is 16.6. The predicted molar refractivity (Wildman–Crippen MR) is 87.7 cm³/mol. The summed E-state index contributed by atoms with van der Waals surface area (Å²) in [6.45, 7) is 0. The van der Waals surface area contributed by atoms with Crippen LogP contribution >= 0.6 is 20.0 Å². The van der Waals surface area contributed by atoms with Crippen molar-refractivity contribution in [1.82, 2.24) is 0 Å². The Balaban J connectivity index is 5.31. The quantitative estimate of drug-likeness (QED) is 0.447. The van der Waals surface area contributed by atoms with Crippen LogP contribution in [0.2, 0.25) is 0 Å². The van der Waals surface area contributed by atoms with Gasteiger partial charge in [0.25, 0.3) is 0 Å². The minimum atomic E-state index is 0.466. The summed E-state index contributed by atoms with van der Waals surface area (Å²) in [4.78, 5) is 0. The van der Waals surface area contributed by atoms with Gasteiger partial charge in [0.1, 0.15) is 0 Å². The summed E-state index contributed by atoms with van der Waals surface area (Å²) in [6.07, 6.45) is 0. The van der Waals surface area contributed by atoms with Gasteiger partial charge in [-0.05, 0) is 0 Å². The predicted octanol–water partition coefficient (Wildman–Crippen LogP) is 0.859. The Bertz CT molecular complexity index is 472. The van der Waals surface area contributed by atoms with Crippen LogP contribution in [0, 0.1) is 0 Å². The SMILES string of the molecule is S=S=S=S=S=S=S=S=S=[S]=[V][I]. The van der Waals surface area contributed by atoms with Crippen LogP contribution < -0.4 is 0 Å². The molecule has 0 spiro atoms. The van der Waals surface area contributed by atoms with Crippen LogP contribution in [0.5, 0.6) is 0 Å². The molecular formula is IS10V. The van der Waals surface area contributed by atoms with Gasteiger partial charge in [-0.1, -0.05) is 0 Å². The zero-order valence-electron chi connectivity index (χ0n) is 4.91. The molecule has 0 aromatic heterocycles. The maximum absolute atomic E-state index is 4.71. The van der Waals surface area contributed by atoms with E-state index in [1.165, 1.54) is 8.88 Å². The van der Waals surface area contributed by atoms with Gasteiger partial charge in [0, 0.05) is 0 Å². The third-order valence-corrected chi connectivity index (χ3v) is 26.2. The Morgan fingerprint density at radius 2 is 1.33 bits per heavy atom. The molecule has 12 heteroatoms. The van der Waals surface area contributed by atoms with Crippen molar-refractivity contribution >= 4 is 110 Å². The molecule has 12 heavy (non-hydrogen) atoms. The number of rotatable bonds is 0. The average molecular weight is 499 g/mol. The van der Waals surface area contributed by atoms with E-state index in [0.29, 0.717) is 11.2 Å². The molecule has 0 atom stereocenters. The van der Waals surface area contributed by atoms with Crippen LogP contribution in [0.15, 0.2) is 0 Å². The van der Waals surface area contributed by atoms with Crippen molar-refractivity contribution in [3.8, 4) is 0 Å². The van der Waals surface area contributed by atoms with Crippen LogP contribution in [0.1, 0.15) is 0 Å². The van der Waals surface area contributed by atoms with E-state index in [0.717, 1.165) is 0 Å². The van der Waals surface area contributed by atoms with Gasteiger partial charge in [0.05, 0.1) is 0 Å². The molecule has 0 saturated carbocycles. The van der Waals surface area contributed by atoms with Crippen LogP contribution in [-0.4, -0.2) is 0 Å². The zero-order chi connectivity index (χ0) is 9.07. The molecule has 0 unspecified atom stereocenters.